The van der Waals surface area contributed by atoms with Crippen molar-refractivity contribution in [1.82, 2.24) is 9.97 Å². The third-order valence-corrected chi connectivity index (χ3v) is 3.24. The lowest BCUT2D eigenvalue weighted by atomic mass is 10.2. The molecule has 3 nitrogen and oxygen atoms in total. The fourth-order valence-corrected chi connectivity index (χ4v) is 1.59. The van der Waals surface area contributed by atoms with Crippen LogP contribution in [0.4, 0.5) is 0 Å². The number of hydrogen-bond acceptors (Lipinski definition) is 3. The first kappa shape index (κ1) is 11.4. The standard InChI is InChI=1S/C11H8BrClN2O/c1-7-4-2-3-5-8(7)16-11-9(12)10(13)14-6-15-11/h2-6H,1H3. The first-order chi connectivity index (χ1) is 7.68. The molecule has 0 aliphatic heterocycles. The van der Waals surface area contributed by atoms with E-state index < -0.39 is 0 Å². The molecule has 0 amide bonds. The van der Waals surface area contributed by atoms with Crippen molar-refractivity contribution >= 4 is 27.5 Å². The molecule has 0 aliphatic rings. The maximum absolute atomic E-state index is 5.84. The molecule has 1 heterocycles. The smallest absolute Gasteiger partial charge is 0.238 e. The van der Waals surface area contributed by atoms with Crippen LogP contribution in [0.5, 0.6) is 11.6 Å². The van der Waals surface area contributed by atoms with Crippen LogP contribution in [0.25, 0.3) is 0 Å². The van der Waals surface area contributed by atoms with Crippen LogP contribution in [0.3, 0.4) is 0 Å². The van der Waals surface area contributed by atoms with Gasteiger partial charge in [0.2, 0.25) is 5.88 Å². The van der Waals surface area contributed by atoms with E-state index >= 15 is 0 Å². The van der Waals surface area contributed by atoms with E-state index in [9.17, 15) is 0 Å². The monoisotopic (exact) mass is 298 g/mol. The Morgan fingerprint density at radius 3 is 2.75 bits per heavy atom. The third-order valence-electron chi connectivity index (χ3n) is 2.02. The van der Waals surface area contributed by atoms with Gasteiger partial charge >= 0.3 is 0 Å². The number of para-hydroxylation sites is 1. The summed E-state index contributed by atoms with van der Waals surface area (Å²) >= 11 is 9.12. The number of halogens is 2. The molecule has 2 aromatic rings. The van der Waals surface area contributed by atoms with Gasteiger partial charge in [-0.3, -0.25) is 0 Å². The van der Waals surface area contributed by atoms with Crippen molar-refractivity contribution in [2.24, 2.45) is 0 Å². The highest BCUT2D eigenvalue weighted by atomic mass is 79.9. The molecule has 1 aromatic heterocycles. The van der Waals surface area contributed by atoms with E-state index in [2.05, 4.69) is 25.9 Å². The minimum atomic E-state index is 0.332. The van der Waals surface area contributed by atoms with Gasteiger partial charge in [0, 0.05) is 0 Å². The molecule has 82 valence electrons. The maximum Gasteiger partial charge on any atom is 0.238 e. The number of benzene rings is 1. The highest BCUT2D eigenvalue weighted by Gasteiger charge is 2.09. The molecule has 0 unspecified atom stereocenters. The highest BCUT2D eigenvalue weighted by Crippen LogP contribution is 2.32. The third kappa shape index (κ3) is 2.33. The van der Waals surface area contributed by atoms with E-state index in [1.54, 1.807) is 0 Å². The summed E-state index contributed by atoms with van der Waals surface area (Å²) < 4.78 is 6.19. The number of rotatable bonds is 2. The molecule has 0 spiro atoms. The van der Waals surface area contributed by atoms with Gasteiger partial charge < -0.3 is 4.74 Å². The maximum atomic E-state index is 5.84. The van der Waals surface area contributed by atoms with Crippen LogP contribution in [0.2, 0.25) is 5.15 Å². The lowest BCUT2D eigenvalue weighted by Crippen LogP contribution is -1.92. The Labute approximate surface area is 107 Å². The van der Waals surface area contributed by atoms with Crippen molar-refractivity contribution < 1.29 is 4.74 Å². The van der Waals surface area contributed by atoms with E-state index in [0.717, 1.165) is 11.3 Å². The van der Waals surface area contributed by atoms with Crippen molar-refractivity contribution in [1.29, 1.82) is 0 Å². The van der Waals surface area contributed by atoms with Gasteiger partial charge in [-0.2, -0.15) is 0 Å². The molecular weight excluding hydrogens is 291 g/mol. The number of ether oxygens (including phenoxy) is 1. The van der Waals surface area contributed by atoms with Crippen LogP contribution in [0.1, 0.15) is 5.56 Å². The topological polar surface area (TPSA) is 35.0 Å². The summed E-state index contributed by atoms with van der Waals surface area (Å²) in [4.78, 5) is 7.84. The average Bonchev–Trinajstić information content (AvgIpc) is 2.28. The second-order valence-electron chi connectivity index (χ2n) is 3.15. The van der Waals surface area contributed by atoms with Crippen LogP contribution < -0.4 is 4.74 Å². The molecule has 0 atom stereocenters. The Hall–Kier alpha value is -1.13. The van der Waals surface area contributed by atoms with Gasteiger partial charge in [0.1, 0.15) is 16.5 Å². The summed E-state index contributed by atoms with van der Waals surface area (Å²) in [6.07, 6.45) is 1.36. The predicted octanol–water partition coefficient (Wildman–Crippen LogP) is 3.99. The number of aromatic nitrogens is 2. The van der Waals surface area contributed by atoms with Gasteiger partial charge in [-0.15, -0.1) is 0 Å². The quantitative estimate of drug-likeness (QED) is 0.786. The molecule has 16 heavy (non-hydrogen) atoms. The minimum Gasteiger partial charge on any atom is -0.437 e. The average molecular weight is 300 g/mol. The second-order valence-corrected chi connectivity index (χ2v) is 4.30. The van der Waals surface area contributed by atoms with Gasteiger partial charge in [0.25, 0.3) is 0 Å². The lowest BCUT2D eigenvalue weighted by molar-refractivity contribution is 0.454. The van der Waals surface area contributed by atoms with E-state index in [4.69, 9.17) is 16.3 Å². The predicted molar refractivity (Wildman–Crippen MR) is 66.0 cm³/mol. The molecule has 0 N–H and O–H groups in total. The Bertz CT molecular complexity index is 519. The Balaban J connectivity index is 2.35. The number of aryl methyl sites for hydroxylation is 1. The Morgan fingerprint density at radius 1 is 1.25 bits per heavy atom. The SMILES string of the molecule is Cc1ccccc1Oc1ncnc(Cl)c1Br. The Kier molecular flexibility index (Phi) is 3.41. The van der Waals surface area contributed by atoms with Crippen LogP contribution in [0.15, 0.2) is 35.1 Å². The van der Waals surface area contributed by atoms with Gasteiger partial charge in [-0.25, -0.2) is 9.97 Å². The second kappa shape index (κ2) is 4.80. The summed E-state index contributed by atoms with van der Waals surface area (Å²) in [5.74, 6) is 1.16. The molecule has 0 fully saturated rings. The molecule has 0 radical (unpaired) electrons. The van der Waals surface area contributed by atoms with Crippen molar-refractivity contribution in [2.75, 3.05) is 0 Å². The summed E-state index contributed by atoms with van der Waals surface area (Å²) in [5, 5.41) is 0.332. The van der Waals surface area contributed by atoms with Gasteiger partial charge in [0.15, 0.2) is 5.15 Å². The summed E-state index contributed by atoms with van der Waals surface area (Å²) in [6, 6.07) is 7.69. The van der Waals surface area contributed by atoms with Crippen molar-refractivity contribution in [2.45, 2.75) is 6.92 Å². The van der Waals surface area contributed by atoms with Crippen LogP contribution in [-0.2, 0) is 0 Å². The van der Waals surface area contributed by atoms with Gasteiger partial charge in [-0.05, 0) is 34.5 Å². The fourth-order valence-electron chi connectivity index (χ4n) is 1.18. The first-order valence-corrected chi connectivity index (χ1v) is 5.75. The zero-order chi connectivity index (χ0) is 11.5. The van der Waals surface area contributed by atoms with Crippen molar-refractivity contribution in [3.8, 4) is 11.6 Å². The van der Waals surface area contributed by atoms with Gasteiger partial charge in [0.05, 0.1) is 0 Å². The normalized spacial score (nSPS) is 10.2. The zero-order valence-electron chi connectivity index (χ0n) is 8.45. The molecule has 0 saturated carbocycles. The van der Waals surface area contributed by atoms with Crippen molar-refractivity contribution in [3.63, 3.8) is 0 Å². The lowest BCUT2D eigenvalue weighted by Gasteiger charge is -2.08. The largest absolute Gasteiger partial charge is 0.437 e. The molecule has 0 bridgehead atoms. The van der Waals surface area contributed by atoms with Crippen molar-refractivity contribution in [3.05, 3.63) is 45.8 Å². The minimum absolute atomic E-state index is 0.332. The van der Waals surface area contributed by atoms with Crippen LogP contribution >= 0.6 is 27.5 Å². The summed E-state index contributed by atoms with van der Waals surface area (Å²) in [7, 11) is 0. The summed E-state index contributed by atoms with van der Waals surface area (Å²) in [5.41, 5.74) is 1.03. The highest BCUT2D eigenvalue weighted by molar-refractivity contribution is 9.10. The van der Waals surface area contributed by atoms with E-state index in [0.29, 0.717) is 15.5 Å². The number of hydrogen-bond donors (Lipinski definition) is 0. The fraction of sp³-hybridized carbons (Fsp3) is 0.0909. The van der Waals surface area contributed by atoms with E-state index in [1.165, 1.54) is 6.33 Å². The molecular formula is C11H8BrClN2O. The molecule has 0 aliphatic carbocycles. The Morgan fingerprint density at radius 2 is 2.00 bits per heavy atom. The first-order valence-electron chi connectivity index (χ1n) is 4.58. The molecule has 2 rings (SSSR count). The summed E-state index contributed by atoms with van der Waals surface area (Å²) in [6.45, 7) is 1.96. The molecule has 0 saturated heterocycles. The zero-order valence-corrected chi connectivity index (χ0v) is 10.8. The number of nitrogens with zero attached hydrogens (tertiary/aromatic N) is 2. The van der Waals surface area contributed by atoms with Crippen LogP contribution in [-0.4, -0.2) is 9.97 Å². The van der Waals surface area contributed by atoms with E-state index in [1.807, 2.05) is 31.2 Å². The van der Waals surface area contributed by atoms with Crippen LogP contribution in [0, 0.1) is 6.92 Å². The molecule has 5 heteroatoms. The van der Waals surface area contributed by atoms with Gasteiger partial charge in [-0.1, -0.05) is 29.8 Å². The van der Waals surface area contributed by atoms with E-state index in [-0.39, 0.29) is 0 Å². The molecule has 1 aromatic carbocycles.